The monoisotopic (exact) mass is 301 g/mol. The van der Waals surface area contributed by atoms with Crippen LogP contribution in [-0.4, -0.2) is 24.1 Å². The normalized spacial score (nSPS) is 10.1. The number of anilines is 1. The molecule has 2 aromatic rings. The van der Waals surface area contributed by atoms with Gasteiger partial charge in [0.2, 0.25) is 5.91 Å². The van der Waals surface area contributed by atoms with E-state index < -0.39 is 0 Å². The van der Waals surface area contributed by atoms with Crippen molar-refractivity contribution in [2.45, 2.75) is 13.3 Å². The maximum Gasteiger partial charge on any atom is 0.250 e. The number of aromatic nitrogens is 1. The van der Waals surface area contributed by atoms with E-state index in [1.807, 2.05) is 13.0 Å². The van der Waals surface area contributed by atoms with Gasteiger partial charge in [-0.2, -0.15) is 5.26 Å². The Balaban J connectivity index is 1.75. The summed E-state index contributed by atoms with van der Waals surface area (Å²) in [6.45, 7) is 2.39. The molecule has 0 aliphatic rings. The van der Waals surface area contributed by atoms with Crippen LogP contribution in [0.5, 0.6) is 0 Å². The lowest BCUT2D eigenvalue weighted by atomic mass is 10.2. The molecule has 21 heavy (non-hydrogen) atoms. The molecule has 0 radical (unpaired) electrons. The van der Waals surface area contributed by atoms with E-state index in [-0.39, 0.29) is 12.5 Å². The van der Waals surface area contributed by atoms with Crippen LogP contribution in [0.3, 0.4) is 0 Å². The van der Waals surface area contributed by atoms with E-state index in [2.05, 4.69) is 10.3 Å². The minimum Gasteiger partial charge on any atom is -0.371 e. The standard InChI is InChI=1S/C15H15N3O2S/c1-11-14(21-10-17-11)6-7-20-9-15(19)18-13-5-3-2-4-12(13)8-16/h2-5,10H,6-7,9H2,1H3,(H,18,19). The molecule has 0 atom stereocenters. The van der Waals surface area contributed by atoms with E-state index in [1.165, 1.54) is 4.88 Å². The summed E-state index contributed by atoms with van der Waals surface area (Å²) in [5.41, 5.74) is 3.75. The third-order valence-electron chi connectivity index (χ3n) is 2.87. The smallest absolute Gasteiger partial charge is 0.250 e. The Bertz CT molecular complexity index is 661. The average Bonchev–Trinajstić information content (AvgIpc) is 2.89. The van der Waals surface area contributed by atoms with Crippen molar-refractivity contribution >= 4 is 22.9 Å². The summed E-state index contributed by atoms with van der Waals surface area (Å²) in [4.78, 5) is 17.1. The number of carbonyl (C=O) groups is 1. The predicted octanol–water partition coefficient (Wildman–Crippen LogP) is 2.52. The lowest BCUT2D eigenvalue weighted by Gasteiger charge is -2.07. The third kappa shape index (κ3) is 4.38. The van der Waals surface area contributed by atoms with Crippen molar-refractivity contribution in [1.82, 2.24) is 4.98 Å². The number of nitrogens with zero attached hydrogens (tertiary/aromatic N) is 2. The highest BCUT2D eigenvalue weighted by molar-refractivity contribution is 7.09. The Kier molecular flexibility index (Phi) is 5.43. The summed E-state index contributed by atoms with van der Waals surface area (Å²) in [5.74, 6) is -0.265. The fourth-order valence-corrected chi connectivity index (χ4v) is 2.53. The second kappa shape index (κ2) is 7.53. The minimum absolute atomic E-state index is 0.0301. The van der Waals surface area contributed by atoms with Crippen molar-refractivity contribution in [1.29, 1.82) is 5.26 Å². The maximum atomic E-state index is 11.8. The number of carbonyl (C=O) groups excluding carboxylic acids is 1. The molecule has 2 rings (SSSR count). The first kappa shape index (κ1) is 15.2. The van der Waals surface area contributed by atoms with Gasteiger partial charge in [-0.25, -0.2) is 4.98 Å². The molecule has 0 aliphatic heterocycles. The summed E-state index contributed by atoms with van der Waals surface area (Å²) in [7, 11) is 0. The van der Waals surface area contributed by atoms with Gasteiger partial charge in [-0.1, -0.05) is 12.1 Å². The molecule has 0 bridgehead atoms. The Morgan fingerprint density at radius 3 is 3.00 bits per heavy atom. The van der Waals surface area contributed by atoms with Gasteiger partial charge >= 0.3 is 0 Å². The topological polar surface area (TPSA) is 75.0 Å². The van der Waals surface area contributed by atoms with Crippen LogP contribution in [-0.2, 0) is 16.0 Å². The number of nitriles is 1. The van der Waals surface area contributed by atoms with E-state index in [1.54, 1.807) is 41.1 Å². The van der Waals surface area contributed by atoms with Gasteiger partial charge in [-0.3, -0.25) is 4.79 Å². The molecule has 0 aliphatic carbocycles. The van der Waals surface area contributed by atoms with E-state index in [9.17, 15) is 4.79 Å². The van der Waals surface area contributed by atoms with Crippen LogP contribution in [0.25, 0.3) is 0 Å². The number of benzene rings is 1. The summed E-state index contributed by atoms with van der Waals surface area (Å²) in [5, 5.41) is 11.6. The van der Waals surface area contributed by atoms with Gasteiger partial charge in [-0.05, 0) is 19.1 Å². The number of thiazole rings is 1. The second-order valence-corrected chi connectivity index (χ2v) is 5.31. The molecule has 6 heteroatoms. The SMILES string of the molecule is Cc1ncsc1CCOCC(=O)Nc1ccccc1C#N. The molecule has 0 spiro atoms. The molecule has 1 aromatic heterocycles. The van der Waals surface area contributed by atoms with Crippen molar-refractivity contribution < 1.29 is 9.53 Å². The number of aryl methyl sites for hydroxylation is 1. The molecule has 1 aromatic carbocycles. The maximum absolute atomic E-state index is 11.8. The quantitative estimate of drug-likeness (QED) is 0.832. The first-order chi connectivity index (χ1) is 10.2. The molecular weight excluding hydrogens is 286 g/mol. The number of para-hydroxylation sites is 1. The zero-order valence-corrected chi connectivity index (χ0v) is 12.4. The Labute approximate surface area is 127 Å². The van der Waals surface area contributed by atoms with Gasteiger partial charge < -0.3 is 10.1 Å². The molecule has 0 fully saturated rings. The van der Waals surface area contributed by atoms with E-state index in [0.29, 0.717) is 17.9 Å². The van der Waals surface area contributed by atoms with Gasteiger partial charge in [-0.15, -0.1) is 11.3 Å². The first-order valence-electron chi connectivity index (χ1n) is 6.46. The number of ether oxygens (including phenoxy) is 1. The van der Waals surface area contributed by atoms with Gasteiger partial charge in [0.1, 0.15) is 12.7 Å². The molecule has 5 nitrogen and oxygen atoms in total. The average molecular weight is 301 g/mol. The number of amides is 1. The molecular formula is C15H15N3O2S. The zero-order chi connectivity index (χ0) is 15.1. The van der Waals surface area contributed by atoms with Crippen LogP contribution in [0.2, 0.25) is 0 Å². The largest absolute Gasteiger partial charge is 0.371 e. The third-order valence-corrected chi connectivity index (χ3v) is 3.87. The summed E-state index contributed by atoms with van der Waals surface area (Å²) < 4.78 is 5.35. The van der Waals surface area contributed by atoms with Gasteiger partial charge in [0.15, 0.2) is 0 Å². The van der Waals surface area contributed by atoms with Crippen LogP contribution in [0, 0.1) is 18.3 Å². The highest BCUT2D eigenvalue weighted by atomic mass is 32.1. The van der Waals surface area contributed by atoms with Crippen molar-refractivity contribution in [3.8, 4) is 6.07 Å². The second-order valence-electron chi connectivity index (χ2n) is 4.37. The van der Waals surface area contributed by atoms with Crippen molar-refractivity contribution in [2.75, 3.05) is 18.5 Å². The number of hydrogen-bond acceptors (Lipinski definition) is 5. The molecule has 0 saturated carbocycles. The minimum atomic E-state index is -0.265. The lowest BCUT2D eigenvalue weighted by Crippen LogP contribution is -2.19. The Hall–Kier alpha value is -2.23. The number of hydrogen-bond donors (Lipinski definition) is 1. The number of nitrogens with one attached hydrogen (secondary N) is 1. The van der Waals surface area contributed by atoms with E-state index in [4.69, 9.17) is 10.00 Å². The molecule has 0 saturated heterocycles. The zero-order valence-electron chi connectivity index (χ0n) is 11.6. The molecule has 108 valence electrons. The Morgan fingerprint density at radius 1 is 1.48 bits per heavy atom. The van der Waals surface area contributed by atoms with Crippen LogP contribution in [0.1, 0.15) is 16.1 Å². The lowest BCUT2D eigenvalue weighted by molar-refractivity contribution is -0.120. The van der Waals surface area contributed by atoms with Crippen LogP contribution >= 0.6 is 11.3 Å². The molecule has 1 N–H and O–H groups in total. The first-order valence-corrected chi connectivity index (χ1v) is 7.34. The molecule has 1 heterocycles. The predicted molar refractivity (Wildman–Crippen MR) is 81.2 cm³/mol. The van der Waals surface area contributed by atoms with Gasteiger partial charge in [0, 0.05) is 11.3 Å². The number of rotatable bonds is 6. The fraction of sp³-hybridized carbons (Fsp3) is 0.267. The van der Waals surface area contributed by atoms with Crippen molar-refractivity contribution in [2.24, 2.45) is 0 Å². The Morgan fingerprint density at radius 2 is 2.29 bits per heavy atom. The van der Waals surface area contributed by atoms with Crippen molar-refractivity contribution in [3.63, 3.8) is 0 Å². The van der Waals surface area contributed by atoms with Crippen molar-refractivity contribution in [3.05, 3.63) is 45.9 Å². The molecule has 0 unspecified atom stereocenters. The van der Waals surface area contributed by atoms with Crippen LogP contribution in [0.4, 0.5) is 5.69 Å². The molecule has 1 amide bonds. The van der Waals surface area contributed by atoms with Crippen LogP contribution < -0.4 is 5.32 Å². The van der Waals surface area contributed by atoms with E-state index in [0.717, 1.165) is 12.1 Å². The highest BCUT2D eigenvalue weighted by Gasteiger charge is 2.07. The summed E-state index contributed by atoms with van der Waals surface area (Å²) >= 11 is 1.59. The highest BCUT2D eigenvalue weighted by Crippen LogP contribution is 2.14. The van der Waals surface area contributed by atoms with Gasteiger partial charge in [0.05, 0.1) is 29.1 Å². The van der Waals surface area contributed by atoms with E-state index >= 15 is 0 Å². The summed E-state index contributed by atoms with van der Waals surface area (Å²) in [6, 6.07) is 8.90. The van der Waals surface area contributed by atoms with Crippen LogP contribution in [0.15, 0.2) is 29.8 Å². The summed E-state index contributed by atoms with van der Waals surface area (Å²) in [6.07, 6.45) is 0.749. The van der Waals surface area contributed by atoms with Gasteiger partial charge in [0.25, 0.3) is 0 Å². The fourth-order valence-electron chi connectivity index (χ4n) is 1.77.